The molecule has 2 aromatic carbocycles. The molecule has 1 aliphatic carbocycles. The van der Waals surface area contributed by atoms with Gasteiger partial charge in [-0.3, -0.25) is 0 Å². The number of amides is 2. The molecule has 0 spiro atoms. The summed E-state index contributed by atoms with van der Waals surface area (Å²) < 4.78 is 0. The molecule has 2 amide bonds. The lowest BCUT2D eigenvalue weighted by atomic mass is 10.0. The van der Waals surface area contributed by atoms with Crippen LogP contribution in [0.4, 0.5) is 4.79 Å². The summed E-state index contributed by atoms with van der Waals surface area (Å²) in [5.74, 6) is 0.395. The predicted octanol–water partition coefficient (Wildman–Crippen LogP) is 3.36. The summed E-state index contributed by atoms with van der Waals surface area (Å²) in [6.45, 7) is 2.62. The fourth-order valence-electron chi connectivity index (χ4n) is 3.28. The van der Waals surface area contributed by atoms with Gasteiger partial charge in [0.25, 0.3) is 0 Å². The Morgan fingerprint density at radius 1 is 1.22 bits per heavy atom. The fraction of sp³-hybridized carbons (Fsp3) is 0.421. The molecule has 0 radical (unpaired) electrons. The summed E-state index contributed by atoms with van der Waals surface area (Å²) in [6, 6.07) is 14.3. The molecule has 2 aromatic rings. The molecule has 0 heterocycles. The zero-order valence-corrected chi connectivity index (χ0v) is 13.5. The standard InChI is InChI=1S/C19H24N2O2/c1-13(16-8-7-15-4-2-3-5-17(15)11-16)21-19(23)20-12-14-6-9-18(22)10-14/h2-5,7-8,11,13-14,18,22H,6,9-10,12H2,1H3,(H2,20,21,23). The SMILES string of the molecule is CC(NC(=O)NCC1CCC(O)C1)c1ccc2ccccc2c1. The zero-order chi connectivity index (χ0) is 16.2. The van der Waals surface area contributed by atoms with E-state index in [2.05, 4.69) is 41.0 Å². The second-order valence-corrected chi connectivity index (χ2v) is 6.52. The van der Waals surface area contributed by atoms with Crippen LogP contribution in [-0.2, 0) is 0 Å². The number of aliphatic hydroxyl groups excluding tert-OH is 1. The summed E-state index contributed by atoms with van der Waals surface area (Å²) in [5.41, 5.74) is 1.09. The van der Waals surface area contributed by atoms with E-state index in [1.54, 1.807) is 0 Å². The highest BCUT2D eigenvalue weighted by Gasteiger charge is 2.23. The Hall–Kier alpha value is -2.07. The van der Waals surface area contributed by atoms with Crippen LogP contribution >= 0.6 is 0 Å². The van der Waals surface area contributed by atoms with Gasteiger partial charge in [0, 0.05) is 6.54 Å². The normalized spacial score (nSPS) is 22.0. The quantitative estimate of drug-likeness (QED) is 0.810. The second kappa shape index (κ2) is 7.01. The van der Waals surface area contributed by atoms with Crippen LogP contribution in [0, 0.1) is 5.92 Å². The van der Waals surface area contributed by atoms with Gasteiger partial charge in [-0.05, 0) is 54.5 Å². The average Bonchev–Trinajstić information content (AvgIpc) is 2.98. The van der Waals surface area contributed by atoms with Crippen LogP contribution in [0.25, 0.3) is 10.8 Å². The minimum absolute atomic E-state index is 0.0474. The molecule has 4 heteroatoms. The molecule has 0 aromatic heterocycles. The third-order valence-corrected chi connectivity index (χ3v) is 4.69. The van der Waals surface area contributed by atoms with Crippen molar-refractivity contribution >= 4 is 16.8 Å². The molecular weight excluding hydrogens is 288 g/mol. The number of rotatable bonds is 4. The lowest BCUT2D eigenvalue weighted by Gasteiger charge is -2.17. The van der Waals surface area contributed by atoms with Crippen LogP contribution in [0.15, 0.2) is 42.5 Å². The zero-order valence-electron chi connectivity index (χ0n) is 13.5. The maximum atomic E-state index is 12.0. The predicted molar refractivity (Wildman–Crippen MR) is 92.2 cm³/mol. The van der Waals surface area contributed by atoms with Crippen molar-refractivity contribution in [3.05, 3.63) is 48.0 Å². The highest BCUT2D eigenvalue weighted by atomic mass is 16.3. The number of nitrogens with one attached hydrogen (secondary N) is 2. The lowest BCUT2D eigenvalue weighted by molar-refractivity contribution is 0.177. The minimum Gasteiger partial charge on any atom is -0.393 e. The Kier molecular flexibility index (Phi) is 4.82. The summed E-state index contributed by atoms with van der Waals surface area (Å²) in [6.07, 6.45) is 2.44. The van der Waals surface area contributed by atoms with Gasteiger partial charge in [0.15, 0.2) is 0 Å². The fourth-order valence-corrected chi connectivity index (χ4v) is 3.28. The van der Waals surface area contributed by atoms with E-state index in [9.17, 15) is 9.90 Å². The molecule has 0 bridgehead atoms. The van der Waals surface area contributed by atoms with Gasteiger partial charge in [-0.15, -0.1) is 0 Å². The van der Waals surface area contributed by atoms with Crippen LogP contribution in [-0.4, -0.2) is 23.8 Å². The maximum Gasteiger partial charge on any atom is 0.315 e. The van der Waals surface area contributed by atoms with Crippen molar-refractivity contribution in [3.8, 4) is 0 Å². The minimum atomic E-state index is -0.193. The molecule has 3 N–H and O–H groups in total. The van der Waals surface area contributed by atoms with Gasteiger partial charge in [-0.25, -0.2) is 4.79 Å². The van der Waals surface area contributed by atoms with E-state index >= 15 is 0 Å². The van der Waals surface area contributed by atoms with Crippen LogP contribution < -0.4 is 10.6 Å². The van der Waals surface area contributed by atoms with E-state index in [0.717, 1.165) is 24.8 Å². The van der Waals surface area contributed by atoms with E-state index in [1.165, 1.54) is 10.8 Å². The van der Waals surface area contributed by atoms with E-state index in [-0.39, 0.29) is 18.2 Å². The van der Waals surface area contributed by atoms with Crippen molar-refractivity contribution in [3.63, 3.8) is 0 Å². The molecule has 0 saturated heterocycles. The first-order valence-electron chi connectivity index (χ1n) is 8.33. The highest BCUT2D eigenvalue weighted by Crippen LogP contribution is 2.24. The number of hydrogen-bond acceptors (Lipinski definition) is 2. The molecular formula is C19H24N2O2. The monoisotopic (exact) mass is 312 g/mol. The van der Waals surface area contributed by atoms with Gasteiger partial charge in [0.05, 0.1) is 12.1 Å². The van der Waals surface area contributed by atoms with Gasteiger partial charge in [0.2, 0.25) is 0 Å². The van der Waals surface area contributed by atoms with Crippen LogP contribution in [0.1, 0.15) is 37.8 Å². The van der Waals surface area contributed by atoms with Gasteiger partial charge in [-0.2, -0.15) is 0 Å². The highest BCUT2D eigenvalue weighted by molar-refractivity contribution is 5.83. The summed E-state index contributed by atoms with van der Waals surface area (Å²) in [7, 11) is 0. The first-order valence-corrected chi connectivity index (χ1v) is 8.33. The molecule has 3 unspecified atom stereocenters. The lowest BCUT2D eigenvalue weighted by Crippen LogP contribution is -2.39. The number of carbonyl (C=O) groups is 1. The molecule has 3 atom stereocenters. The number of urea groups is 1. The molecule has 1 aliphatic rings. The van der Waals surface area contributed by atoms with Gasteiger partial charge in [-0.1, -0.05) is 36.4 Å². The Morgan fingerprint density at radius 2 is 2.00 bits per heavy atom. The number of aliphatic hydroxyl groups is 1. The van der Waals surface area contributed by atoms with Gasteiger partial charge < -0.3 is 15.7 Å². The molecule has 4 nitrogen and oxygen atoms in total. The Morgan fingerprint density at radius 3 is 2.74 bits per heavy atom. The molecule has 23 heavy (non-hydrogen) atoms. The third kappa shape index (κ3) is 4.02. The second-order valence-electron chi connectivity index (χ2n) is 6.52. The molecule has 3 rings (SSSR count). The maximum absolute atomic E-state index is 12.0. The Bertz CT molecular complexity index is 686. The number of carbonyl (C=O) groups excluding carboxylic acids is 1. The third-order valence-electron chi connectivity index (χ3n) is 4.69. The number of hydrogen-bond donors (Lipinski definition) is 3. The van der Waals surface area contributed by atoms with Gasteiger partial charge in [0.1, 0.15) is 0 Å². The molecule has 0 aliphatic heterocycles. The van der Waals surface area contributed by atoms with Crippen molar-refractivity contribution in [2.45, 2.75) is 38.3 Å². The Balaban J connectivity index is 1.54. The largest absolute Gasteiger partial charge is 0.393 e. The summed E-state index contributed by atoms with van der Waals surface area (Å²) in [5, 5.41) is 17.8. The first-order chi connectivity index (χ1) is 11.1. The van der Waals surface area contributed by atoms with Crippen molar-refractivity contribution in [2.24, 2.45) is 5.92 Å². The van der Waals surface area contributed by atoms with Crippen molar-refractivity contribution in [1.29, 1.82) is 0 Å². The molecule has 122 valence electrons. The van der Waals surface area contributed by atoms with E-state index in [0.29, 0.717) is 12.5 Å². The van der Waals surface area contributed by atoms with Crippen molar-refractivity contribution < 1.29 is 9.90 Å². The topological polar surface area (TPSA) is 61.4 Å². The first kappa shape index (κ1) is 15.8. The van der Waals surface area contributed by atoms with Crippen LogP contribution in [0.5, 0.6) is 0 Å². The van der Waals surface area contributed by atoms with E-state index in [1.807, 2.05) is 19.1 Å². The smallest absolute Gasteiger partial charge is 0.315 e. The molecule has 1 saturated carbocycles. The van der Waals surface area contributed by atoms with Crippen LogP contribution in [0.3, 0.4) is 0 Å². The molecule has 1 fully saturated rings. The van der Waals surface area contributed by atoms with Crippen LogP contribution in [0.2, 0.25) is 0 Å². The number of fused-ring (bicyclic) bond motifs is 1. The van der Waals surface area contributed by atoms with E-state index < -0.39 is 0 Å². The summed E-state index contributed by atoms with van der Waals surface area (Å²) >= 11 is 0. The van der Waals surface area contributed by atoms with E-state index in [4.69, 9.17) is 0 Å². The average molecular weight is 312 g/mol. The van der Waals surface area contributed by atoms with Crippen molar-refractivity contribution in [2.75, 3.05) is 6.54 Å². The van der Waals surface area contributed by atoms with Crippen molar-refractivity contribution in [1.82, 2.24) is 10.6 Å². The number of benzene rings is 2. The summed E-state index contributed by atoms with van der Waals surface area (Å²) in [4.78, 5) is 12.0. The Labute approximate surface area is 136 Å². The van der Waals surface area contributed by atoms with Gasteiger partial charge >= 0.3 is 6.03 Å².